The molecule has 0 heterocycles. The molecule has 0 spiro atoms. The van der Waals surface area contributed by atoms with Gasteiger partial charge in [-0.2, -0.15) is 0 Å². The highest BCUT2D eigenvalue weighted by atomic mass is 16.5. The Bertz CT molecular complexity index is 379. The van der Waals surface area contributed by atoms with Crippen molar-refractivity contribution in [3.8, 4) is 5.75 Å². The molecule has 0 unspecified atom stereocenters. The Morgan fingerprint density at radius 2 is 1.89 bits per heavy atom. The van der Waals surface area contributed by atoms with Gasteiger partial charge in [-0.3, -0.25) is 0 Å². The molecule has 0 atom stereocenters. The molecule has 1 aromatic carbocycles. The Hall–Kier alpha value is -1.02. The van der Waals surface area contributed by atoms with Crippen LogP contribution in [-0.2, 0) is 6.42 Å². The molecular weight excluding hydrogens is 234 g/mol. The average Bonchev–Trinajstić information content (AvgIpc) is 3.20. The van der Waals surface area contributed by atoms with Crippen molar-refractivity contribution in [1.29, 1.82) is 0 Å². The van der Waals surface area contributed by atoms with Crippen LogP contribution in [0.1, 0.15) is 45.6 Å². The maximum absolute atomic E-state index is 5.47. The molecule has 0 bridgehead atoms. The van der Waals surface area contributed by atoms with Crippen LogP contribution in [-0.4, -0.2) is 19.2 Å². The monoisotopic (exact) mass is 261 g/mol. The van der Waals surface area contributed by atoms with E-state index in [1.165, 1.54) is 24.8 Å². The second kappa shape index (κ2) is 6.42. The van der Waals surface area contributed by atoms with Gasteiger partial charge in [0.05, 0.1) is 6.61 Å². The van der Waals surface area contributed by atoms with Crippen molar-refractivity contribution in [2.45, 2.75) is 52.5 Å². The topological polar surface area (TPSA) is 21.3 Å². The highest BCUT2D eigenvalue weighted by Crippen LogP contribution is 2.26. The SMILES string of the molecule is CCOc1ccc(CCC(C)(C)CNC2CC2)cc1. The van der Waals surface area contributed by atoms with Crippen LogP contribution in [0.4, 0.5) is 0 Å². The van der Waals surface area contributed by atoms with Crippen molar-refractivity contribution in [2.24, 2.45) is 5.41 Å². The average molecular weight is 261 g/mol. The quantitative estimate of drug-likeness (QED) is 0.768. The number of aryl methyl sites for hydroxylation is 1. The van der Waals surface area contributed by atoms with Crippen LogP contribution < -0.4 is 10.1 Å². The van der Waals surface area contributed by atoms with Crippen LogP contribution in [0.15, 0.2) is 24.3 Å². The predicted octanol–water partition coefficient (Wildman–Crippen LogP) is 3.80. The fraction of sp³-hybridized carbons (Fsp3) is 0.647. The summed E-state index contributed by atoms with van der Waals surface area (Å²) in [5, 5.41) is 3.64. The number of benzene rings is 1. The first-order chi connectivity index (χ1) is 9.09. The van der Waals surface area contributed by atoms with E-state index in [0.29, 0.717) is 5.41 Å². The molecule has 1 aliphatic carbocycles. The first kappa shape index (κ1) is 14.4. The molecule has 1 fully saturated rings. The van der Waals surface area contributed by atoms with Crippen LogP contribution >= 0.6 is 0 Å². The van der Waals surface area contributed by atoms with Gasteiger partial charge in [-0.25, -0.2) is 0 Å². The molecular formula is C17H27NO. The van der Waals surface area contributed by atoms with E-state index in [4.69, 9.17) is 4.74 Å². The van der Waals surface area contributed by atoms with Gasteiger partial charge in [-0.1, -0.05) is 26.0 Å². The summed E-state index contributed by atoms with van der Waals surface area (Å²) in [7, 11) is 0. The Morgan fingerprint density at radius 1 is 1.21 bits per heavy atom. The molecule has 2 heteroatoms. The third-order valence-corrected chi connectivity index (χ3v) is 3.77. The Morgan fingerprint density at radius 3 is 2.47 bits per heavy atom. The van der Waals surface area contributed by atoms with Gasteiger partial charge in [0.15, 0.2) is 0 Å². The van der Waals surface area contributed by atoms with E-state index in [-0.39, 0.29) is 0 Å². The summed E-state index contributed by atoms with van der Waals surface area (Å²) >= 11 is 0. The van der Waals surface area contributed by atoms with Crippen molar-refractivity contribution in [2.75, 3.05) is 13.2 Å². The predicted molar refractivity (Wildman–Crippen MR) is 80.7 cm³/mol. The summed E-state index contributed by atoms with van der Waals surface area (Å²) in [6, 6.07) is 9.35. The van der Waals surface area contributed by atoms with Gasteiger partial charge in [0.1, 0.15) is 5.75 Å². The van der Waals surface area contributed by atoms with Crippen molar-refractivity contribution < 1.29 is 4.74 Å². The Kier molecular flexibility index (Phi) is 4.87. The smallest absolute Gasteiger partial charge is 0.119 e. The lowest BCUT2D eigenvalue weighted by atomic mass is 9.86. The van der Waals surface area contributed by atoms with E-state index in [0.717, 1.165) is 31.4 Å². The van der Waals surface area contributed by atoms with Gasteiger partial charge in [0.2, 0.25) is 0 Å². The number of rotatable bonds is 8. The summed E-state index contributed by atoms with van der Waals surface area (Å²) in [4.78, 5) is 0. The minimum atomic E-state index is 0.376. The van der Waals surface area contributed by atoms with Crippen LogP contribution in [0, 0.1) is 5.41 Å². The van der Waals surface area contributed by atoms with Gasteiger partial charge < -0.3 is 10.1 Å². The zero-order chi connectivity index (χ0) is 13.7. The highest BCUT2D eigenvalue weighted by molar-refractivity contribution is 5.27. The normalized spacial score (nSPS) is 15.5. The van der Waals surface area contributed by atoms with Gasteiger partial charge in [-0.15, -0.1) is 0 Å². The second-order valence-electron chi connectivity index (χ2n) is 6.40. The lowest BCUT2D eigenvalue weighted by Crippen LogP contribution is -2.31. The van der Waals surface area contributed by atoms with Crippen molar-refractivity contribution in [3.63, 3.8) is 0 Å². The molecule has 19 heavy (non-hydrogen) atoms. The van der Waals surface area contributed by atoms with E-state index in [2.05, 4.69) is 43.4 Å². The molecule has 1 N–H and O–H groups in total. The fourth-order valence-electron chi connectivity index (χ4n) is 2.20. The summed E-state index contributed by atoms with van der Waals surface area (Å²) in [5.41, 5.74) is 1.78. The largest absolute Gasteiger partial charge is 0.494 e. The molecule has 0 radical (unpaired) electrons. The maximum Gasteiger partial charge on any atom is 0.119 e. The van der Waals surface area contributed by atoms with Crippen LogP contribution in [0.3, 0.4) is 0 Å². The number of hydrogen-bond acceptors (Lipinski definition) is 2. The van der Waals surface area contributed by atoms with E-state index in [1.54, 1.807) is 0 Å². The van der Waals surface area contributed by atoms with Gasteiger partial charge in [0, 0.05) is 12.6 Å². The number of ether oxygens (including phenoxy) is 1. The van der Waals surface area contributed by atoms with E-state index < -0.39 is 0 Å². The van der Waals surface area contributed by atoms with Crippen LogP contribution in [0.2, 0.25) is 0 Å². The van der Waals surface area contributed by atoms with Gasteiger partial charge in [0.25, 0.3) is 0 Å². The molecule has 0 aromatic heterocycles. The molecule has 0 saturated heterocycles. The van der Waals surface area contributed by atoms with Gasteiger partial charge in [-0.05, 0) is 55.7 Å². The molecule has 0 aliphatic heterocycles. The van der Waals surface area contributed by atoms with Crippen molar-refractivity contribution in [3.05, 3.63) is 29.8 Å². The second-order valence-corrected chi connectivity index (χ2v) is 6.40. The Labute approximate surface area is 117 Å². The number of nitrogens with one attached hydrogen (secondary N) is 1. The highest BCUT2D eigenvalue weighted by Gasteiger charge is 2.24. The Balaban J connectivity index is 1.76. The standard InChI is InChI=1S/C17H27NO/c1-4-19-16-9-5-14(6-10-16)11-12-17(2,3)13-18-15-7-8-15/h5-6,9-10,15,18H,4,7-8,11-13H2,1-3H3. The zero-order valence-corrected chi connectivity index (χ0v) is 12.5. The maximum atomic E-state index is 5.47. The summed E-state index contributed by atoms with van der Waals surface area (Å²) in [6.07, 6.45) is 5.11. The van der Waals surface area contributed by atoms with E-state index >= 15 is 0 Å². The van der Waals surface area contributed by atoms with Crippen molar-refractivity contribution >= 4 is 0 Å². The van der Waals surface area contributed by atoms with Crippen LogP contribution in [0.5, 0.6) is 5.75 Å². The minimum absolute atomic E-state index is 0.376. The molecule has 0 amide bonds. The molecule has 1 aliphatic rings. The summed E-state index contributed by atoms with van der Waals surface area (Å²) in [6.45, 7) is 8.60. The van der Waals surface area contributed by atoms with E-state index in [9.17, 15) is 0 Å². The van der Waals surface area contributed by atoms with Gasteiger partial charge >= 0.3 is 0 Å². The van der Waals surface area contributed by atoms with E-state index in [1.807, 2.05) is 6.92 Å². The number of hydrogen-bond donors (Lipinski definition) is 1. The van der Waals surface area contributed by atoms with Crippen molar-refractivity contribution in [1.82, 2.24) is 5.32 Å². The fourth-order valence-corrected chi connectivity index (χ4v) is 2.20. The molecule has 1 saturated carbocycles. The zero-order valence-electron chi connectivity index (χ0n) is 12.5. The van der Waals surface area contributed by atoms with Crippen LogP contribution in [0.25, 0.3) is 0 Å². The molecule has 2 nitrogen and oxygen atoms in total. The third kappa shape index (κ3) is 5.23. The first-order valence-corrected chi connectivity index (χ1v) is 7.54. The molecule has 2 rings (SSSR count). The lowest BCUT2D eigenvalue weighted by Gasteiger charge is -2.25. The summed E-state index contributed by atoms with van der Waals surface area (Å²) < 4.78 is 5.47. The third-order valence-electron chi connectivity index (χ3n) is 3.77. The first-order valence-electron chi connectivity index (χ1n) is 7.54. The molecule has 1 aromatic rings. The minimum Gasteiger partial charge on any atom is -0.494 e. The lowest BCUT2D eigenvalue weighted by molar-refractivity contribution is 0.313. The summed E-state index contributed by atoms with van der Waals surface area (Å²) in [5.74, 6) is 0.973. The molecule has 106 valence electrons.